The van der Waals surface area contributed by atoms with Crippen LogP contribution in [0.25, 0.3) is 0 Å². The second-order valence-corrected chi connectivity index (χ2v) is 22.2. The predicted octanol–water partition coefficient (Wildman–Crippen LogP) is -0.743. The maximum absolute atomic E-state index is 13.8. The quantitative estimate of drug-likeness (QED) is 0.0368. The van der Waals surface area contributed by atoms with Gasteiger partial charge in [0.25, 0.3) is 0 Å². The Morgan fingerprint density at radius 1 is 0.487 bits per heavy atom. The van der Waals surface area contributed by atoms with Crippen molar-refractivity contribution in [3.05, 3.63) is 0 Å². The summed E-state index contributed by atoms with van der Waals surface area (Å²) in [7, 11) is 1.31. The van der Waals surface area contributed by atoms with E-state index in [0.29, 0.717) is 25.0 Å². The SMILES string of the molecule is CC[C@H](C)[C@H](N)C(=O)N[C@H](C(=O)NCC(=O)N[C@@H](CC(C)C)C(=O)N[C@@H](CCSC)C(=O)N[C@H](C(=O)NCC(=O)NCC(=O)N(C)[C@@H](C)C(=O)N[C@H](C(=O)N[C@H](C(=O)N[C@@H](C)C(=O)O)[C@@H](C)CC)C(C)C)C(C)C)[C@@H](C)CC. The fourth-order valence-electron chi connectivity index (χ4n) is 7.40. The molecular weight excluding hydrogens is 1030 g/mol. The van der Waals surface area contributed by atoms with Crippen LogP contribution < -0.4 is 58.9 Å². The first-order chi connectivity index (χ1) is 36.3. The van der Waals surface area contributed by atoms with E-state index in [4.69, 9.17) is 5.73 Å². The first-order valence-corrected chi connectivity index (χ1v) is 28.4. The van der Waals surface area contributed by atoms with Crippen LogP contribution in [0.4, 0.5) is 0 Å². The average Bonchev–Trinajstić information content (AvgIpc) is 3.38. The molecule has 446 valence electrons. The molecule has 11 amide bonds. The third kappa shape index (κ3) is 25.2. The monoisotopic (exact) mass is 1130 g/mol. The van der Waals surface area contributed by atoms with Gasteiger partial charge in [-0.25, -0.2) is 0 Å². The number of carbonyl (C=O) groups excluding carboxylic acids is 11. The van der Waals surface area contributed by atoms with Crippen molar-refractivity contribution in [3.8, 4) is 0 Å². The molecule has 0 radical (unpaired) electrons. The van der Waals surface area contributed by atoms with Crippen LogP contribution in [0.2, 0.25) is 0 Å². The second kappa shape index (κ2) is 36.2. The topological polar surface area (TPSA) is 375 Å². The molecule has 0 saturated carbocycles. The Labute approximate surface area is 465 Å². The zero-order valence-electron chi connectivity index (χ0n) is 48.8. The summed E-state index contributed by atoms with van der Waals surface area (Å²) in [5.74, 6) is -10.3. The molecule has 0 fully saturated rings. The lowest BCUT2D eigenvalue weighted by atomic mass is 9.95. The number of carbonyl (C=O) groups is 12. The second-order valence-electron chi connectivity index (χ2n) is 21.2. The highest BCUT2D eigenvalue weighted by atomic mass is 32.2. The summed E-state index contributed by atoms with van der Waals surface area (Å²) in [6, 6.07) is -9.92. The van der Waals surface area contributed by atoms with Crippen LogP contribution in [0.3, 0.4) is 0 Å². The van der Waals surface area contributed by atoms with Gasteiger partial charge in [-0.2, -0.15) is 11.8 Å². The van der Waals surface area contributed by atoms with Crippen molar-refractivity contribution >= 4 is 82.7 Å². The van der Waals surface area contributed by atoms with Gasteiger partial charge in [-0.1, -0.05) is 102 Å². The van der Waals surface area contributed by atoms with Gasteiger partial charge >= 0.3 is 5.97 Å². The molecule has 12 atom stereocenters. The Kier molecular flexibility index (Phi) is 33.4. The van der Waals surface area contributed by atoms with Crippen molar-refractivity contribution < 1.29 is 62.6 Å². The zero-order chi connectivity index (χ0) is 60.3. The molecule has 0 aromatic heterocycles. The number of thioether (sulfide) groups is 1. The minimum atomic E-state index is -1.26. The molecule has 0 spiro atoms. The number of carboxylic acid groups (broad SMARTS) is 1. The van der Waals surface area contributed by atoms with Crippen LogP contribution in [0.15, 0.2) is 0 Å². The molecule has 0 bridgehead atoms. The third-order valence-corrected chi connectivity index (χ3v) is 14.3. The average molecular weight is 1130 g/mol. The first kappa shape index (κ1) is 72.0. The molecule has 26 heteroatoms. The van der Waals surface area contributed by atoms with E-state index in [-0.39, 0.29) is 30.6 Å². The van der Waals surface area contributed by atoms with Crippen molar-refractivity contribution in [1.82, 2.24) is 58.1 Å². The number of aliphatic carboxylic acids is 1. The number of nitrogens with two attached hydrogens (primary N) is 1. The maximum Gasteiger partial charge on any atom is 0.325 e. The van der Waals surface area contributed by atoms with E-state index in [2.05, 4.69) is 53.2 Å². The van der Waals surface area contributed by atoms with Gasteiger partial charge < -0.3 is 68.9 Å². The predicted molar refractivity (Wildman–Crippen MR) is 297 cm³/mol. The highest BCUT2D eigenvalue weighted by Crippen LogP contribution is 2.14. The van der Waals surface area contributed by atoms with Gasteiger partial charge in [0.15, 0.2) is 0 Å². The Balaban J connectivity index is 5.76. The van der Waals surface area contributed by atoms with Crippen molar-refractivity contribution in [2.45, 2.75) is 183 Å². The fourth-order valence-corrected chi connectivity index (χ4v) is 7.88. The number of nitrogens with zero attached hydrogens (tertiary/aromatic N) is 1. The molecule has 0 rings (SSSR count). The van der Waals surface area contributed by atoms with Crippen molar-refractivity contribution in [2.75, 3.05) is 38.7 Å². The molecule has 0 aromatic carbocycles. The molecule has 0 unspecified atom stereocenters. The number of hydrogen-bond donors (Lipinski definition) is 12. The van der Waals surface area contributed by atoms with Crippen LogP contribution in [0.1, 0.15) is 129 Å². The van der Waals surface area contributed by atoms with E-state index in [0.717, 1.165) is 4.90 Å². The molecule has 0 aliphatic rings. The molecule has 25 nitrogen and oxygen atoms in total. The van der Waals surface area contributed by atoms with Gasteiger partial charge in [-0.05, 0) is 74.2 Å². The maximum atomic E-state index is 13.8. The lowest BCUT2D eigenvalue weighted by molar-refractivity contribution is -0.142. The number of hydrogen-bond acceptors (Lipinski definition) is 14. The number of rotatable bonds is 36. The normalized spacial score (nSPS) is 15.9. The van der Waals surface area contributed by atoms with Gasteiger partial charge in [-0.3, -0.25) is 57.5 Å². The lowest BCUT2D eigenvalue weighted by Gasteiger charge is -2.30. The Hall–Kier alpha value is -6.05. The Morgan fingerprint density at radius 3 is 1.41 bits per heavy atom. The van der Waals surface area contributed by atoms with Gasteiger partial charge in [0.05, 0.1) is 25.7 Å². The molecule has 0 aromatic rings. The molecular formula is C52H94N12O13S. The van der Waals surface area contributed by atoms with Crippen LogP contribution in [-0.4, -0.2) is 174 Å². The molecule has 0 saturated heterocycles. The number of carboxylic acids is 1. The summed E-state index contributed by atoms with van der Waals surface area (Å²) >= 11 is 1.41. The molecule has 0 heterocycles. The Bertz CT molecular complexity index is 2040. The minimum absolute atomic E-state index is 0.101. The van der Waals surface area contributed by atoms with E-state index >= 15 is 0 Å². The van der Waals surface area contributed by atoms with Crippen LogP contribution in [-0.2, 0) is 57.5 Å². The van der Waals surface area contributed by atoms with Gasteiger partial charge in [0.1, 0.15) is 48.3 Å². The molecule has 13 N–H and O–H groups in total. The van der Waals surface area contributed by atoms with E-state index in [1.54, 1.807) is 54.7 Å². The third-order valence-electron chi connectivity index (χ3n) is 13.6. The van der Waals surface area contributed by atoms with Gasteiger partial charge in [0.2, 0.25) is 65.0 Å². The molecule has 78 heavy (non-hydrogen) atoms. The minimum Gasteiger partial charge on any atom is -0.480 e. The van der Waals surface area contributed by atoms with Crippen molar-refractivity contribution in [1.29, 1.82) is 0 Å². The summed E-state index contributed by atoms with van der Waals surface area (Å²) in [6.45, 7) is 22.1. The Morgan fingerprint density at radius 2 is 0.923 bits per heavy atom. The van der Waals surface area contributed by atoms with Crippen molar-refractivity contribution in [3.63, 3.8) is 0 Å². The molecule has 0 aliphatic carbocycles. The van der Waals surface area contributed by atoms with E-state index in [1.807, 2.05) is 34.6 Å². The lowest BCUT2D eigenvalue weighted by Crippen LogP contribution is -2.60. The largest absolute Gasteiger partial charge is 0.480 e. The van der Waals surface area contributed by atoms with Gasteiger partial charge in [-0.15, -0.1) is 0 Å². The zero-order valence-corrected chi connectivity index (χ0v) is 49.6. The fraction of sp³-hybridized carbons (Fsp3) is 0.769. The highest BCUT2D eigenvalue weighted by Gasteiger charge is 2.36. The number of likely N-dealkylation sites (N-methyl/N-ethyl adjacent to an activating group) is 1. The van der Waals surface area contributed by atoms with Crippen LogP contribution >= 0.6 is 11.8 Å². The number of nitrogens with one attached hydrogen (secondary N) is 10. The summed E-state index contributed by atoms with van der Waals surface area (Å²) in [5, 5.41) is 35.0. The van der Waals surface area contributed by atoms with Crippen LogP contribution in [0, 0.1) is 35.5 Å². The molecule has 0 aliphatic heterocycles. The van der Waals surface area contributed by atoms with E-state index in [1.165, 1.54) is 32.7 Å². The smallest absolute Gasteiger partial charge is 0.325 e. The van der Waals surface area contributed by atoms with Gasteiger partial charge in [0, 0.05) is 7.05 Å². The van der Waals surface area contributed by atoms with Crippen molar-refractivity contribution in [2.24, 2.45) is 41.2 Å². The summed E-state index contributed by atoms with van der Waals surface area (Å²) < 4.78 is 0. The van der Waals surface area contributed by atoms with E-state index in [9.17, 15) is 62.6 Å². The summed E-state index contributed by atoms with van der Waals surface area (Å²) in [5.41, 5.74) is 6.10. The first-order valence-electron chi connectivity index (χ1n) is 27.0. The standard InChI is InChI=1S/C52H94N12O13S/c1-17-29(10)39(53)47(71)62-42(30(11)18-2)49(73)56-24-37(66)58-35(22-26(4)5)46(70)59-34(20-21-78-16)45(69)61-40(27(6)7)48(72)55-23-36(65)54-25-38(67)64(15)33(14)44(68)60-41(28(8)9)50(74)63-43(31(12)19-3)51(75)57-32(13)52(76)77/h26-35,39-43H,17-25,53H2,1-16H3,(H,54,65)(H,55,72)(H,56,73)(H,57,75)(H,58,66)(H,59,70)(H,60,68)(H,61,69)(H,62,71)(H,63,74)(H,76,77)/t29-,30-,31-,32-,33-,34-,35-,39-,40-,41-,42-,43-/m0/s1. The summed E-state index contributed by atoms with van der Waals surface area (Å²) in [4.78, 5) is 159. The number of amides is 11. The highest BCUT2D eigenvalue weighted by molar-refractivity contribution is 7.98. The van der Waals surface area contributed by atoms with E-state index < -0.39 is 163 Å². The summed E-state index contributed by atoms with van der Waals surface area (Å²) in [6.07, 6.45) is 3.77. The van der Waals surface area contributed by atoms with Crippen LogP contribution in [0.5, 0.6) is 0 Å².